The smallest absolute Gasteiger partial charge is 0.338 e. The predicted octanol–water partition coefficient (Wildman–Crippen LogP) is 3.20. The molecule has 0 aromatic heterocycles. The van der Waals surface area contributed by atoms with Gasteiger partial charge in [0.2, 0.25) is 0 Å². The third-order valence-corrected chi connectivity index (χ3v) is 3.74. The summed E-state index contributed by atoms with van der Waals surface area (Å²) in [6.07, 6.45) is -2.50. The molecule has 1 heterocycles. The molecule has 1 aromatic carbocycles. The van der Waals surface area contributed by atoms with Crippen molar-refractivity contribution in [2.24, 2.45) is 5.92 Å². The fourth-order valence-corrected chi connectivity index (χ4v) is 2.72. The average Bonchev–Trinajstić information content (AvgIpc) is 2.46. The summed E-state index contributed by atoms with van der Waals surface area (Å²) in [7, 11) is 1.85. The third-order valence-electron chi connectivity index (χ3n) is 3.74. The third kappa shape index (κ3) is 4.61. The SMILES string of the molecule is CNCC1CCCN(C(=O)c2cccc(C(F)(F)F)c2)C1.Cl. The minimum atomic E-state index is -4.42. The molecule has 0 aliphatic carbocycles. The summed E-state index contributed by atoms with van der Waals surface area (Å²) in [5.41, 5.74) is -0.674. The van der Waals surface area contributed by atoms with Gasteiger partial charge in [0.25, 0.3) is 5.91 Å². The van der Waals surface area contributed by atoms with Crippen molar-refractivity contribution >= 4 is 18.3 Å². The first-order chi connectivity index (χ1) is 9.91. The molecular formula is C15H20ClF3N2O. The molecule has 1 amide bonds. The number of carbonyl (C=O) groups excluding carboxylic acids is 1. The number of nitrogens with one attached hydrogen (secondary N) is 1. The number of nitrogens with zero attached hydrogens (tertiary/aromatic N) is 1. The summed E-state index contributed by atoms with van der Waals surface area (Å²) in [6, 6.07) is 4.64. The van der Waals surface area contributed by atoms with E-state index in [2.05, 4.69) is 5.32 Å². The van der Waals surface area contributed by atoms with Gasteiger partial charge in [-0.1, -0.05) is 6.07 Å². The first-order valence-electron chi connectivity index (χ1n) is 7.03. The Bertz CT molecular complexity index is 506. The van der Waals surface area contributed by atoms with Crippen LogP contribution in [0.2, 0.25) is 0 Å². The van der Waals surface area contributed by atoms with Gasteiger partial charge in [0, 0.05) is 18.7 Å². The number of benzene rings is 1. The van der Waals surface area contributed by atoms with Crippen LogP contribution >= 0.6 is 12.4 Å². The Hall–Kier alpha value is -1.27. The van der Waals surface area contributed by atoms with Crippen LogP contribution in [-0.4, -0.2) is 37.5 Å². The summed E-state index contributed by atoms with van der Waals surface area (Å²) < 4.78 is 38.1. The highest BCUT2D eigenvalue weighted by Crippen LogP contribution is 2.30. The van der Waals surface area contributed by atoms with E-state index in [0.717, 1.165) is 31.5 Å². The van der Waals surface area contributed by atoms with Gasteiger partial charge >= 0.3 is 6.18 Å². The summed E-state index contributed by atoms with van der Waals surface area (Å²) in [5.74, 6) is 0.0420. The summed E-state index contributed by atoms with van der Waals surface area (Å²) >= 11 is 0. The van der Waals surface area contributed by atoms with Crippen molar-refractivity contribution in [3.63, 3.8) is 0 Å². The molecule has 22 heavy (non-hydrogen) atoms. The highest BCUT2D eigenvalue weighted by atomic mass is 35.5. The lowest BCUT2D eigenvalue weighted by Gasteiger charge is -2.32. The van der Waals surface area contributed by atoms with Crippen LogP contribution in [0.1, 0.15) is 28.8 Å². The lowest BCUT2D eigenvalue weighted by Crippen LogP contribution is -2.42. The highest BCUT2D eigenvalue weighted by molar-refractivity contribution is 5.94. The number of hydrogen-bond donors (Lipinski definition) is 1. The van der Waals surface area contributed by atoms with E-state index in [9.17, 15) is 18.0 Å². The van der Waals surface area contributed by atoms with Gasteiger partial charge in [-0.25, -0.2) is 0 Å². The Balaban J connectivity index is 0.00000242. The molecule has 1 N–H and O–H groups in total. The van der Waals surface area contributed by atoms with Crippen LogP contribution in [0.4, 0.5) is 13.2 Å². The molecule has 0 saturated carbocycles. The molecule has 1 aliphatic rings. The first-order valence-corrected chi connectivity index (χ1v) is 7.03. The number of carbonyl (C=O) groups is 1. The van der Waals surface area contributed by atoms with Gasteiger partial charge in [-0.05, 0) is 50.6 Å². The number of alkyl halides is 3. The molecule has 3 nitrogen and oxygen atoms in total. The molecule has 1 aromatic rings. The molecule has 1 saturated heterocycles. The zero-order chi connectivity index (χ0) is 15.5. The molecule has 0 bridgehead atoms. The van der Waals surface area contributed by atoms with Crippen molar-refractivity contribution in [3.05, 3.63) is 35.4 Å². The van der Waals surface area contributed by atoms with Crippen molar-refractivity contribution in [1.29, 1.82) is 0 Å². The maximum absolute atomic E-state index is 12.7. The standard InChI is InChI=1S/C15H19F3N2O.ClH/c1-19-9-11-4-3-7-20(10-11)14(21)12-5-2-6-13(8-12)15(16,17)18;/h2,5-6,8,11,19H,3-4,7,9-10H2,1H3;1H. The number of piperidine rings is 1. The second-order valence-corrected chi connectivity index (χ2v) is 5.40. The topological polar surface area (TPSA) is 32.3 Å². The number of rotatable bonds is 3. The highest BCUT2D eigenvalue weighted by Gasteiger charge is 2.32. The molecule has 0 radical (unpaired) electrons. The molecule has 0 spiro atoms. The van der Waals surface area contributed by atoms with Crippen molar-refractivity contribution in [2.45, 2.75) is 19.0 Å². The molecule has 7 heteroatoms. The number of amides is 1. The normalized spacial score (nSPS) is 18.7. The lowest BCUT2D eigenvalue weighted by molar-refractivity contribution is -0.137. The van der Waals surface area contributed by atoms with Crippen LogP contribution in [-0.2, 0) is 6.18 Å². The minimum Gasteiger partial charge on any atom is -0.338 e. The van der Waals surface area contributed by atoms with Gasteiger partial charge in [-0.2, -0.15) is 13.2 Å². The predicted molar refractivity (Wildman–Crippen MR) is 81.2 cm³/mol. The van der Waals surface area contributed by atoms with E-state index in [-0.39, 0.29) is 23.9 Å². The van der Waals surface area contributed by atoms with E-state index in [0.29, 0.717) is 19.0 Å². The zero-order valence-corrected chi connectivity index (χ0v) is 13.1. The van der Waals surface area contributed by atoms with Crippen LogP contribution in [0, 0.1) is 5.92 Å². The van der Waals surface area contributed by atoms with Crippen LogP contribution in [0.15, 0.2) is 24.3 Å². The van der Waals surface area contributed by atoms with Crippen molar-refractivity contribution in [3.8, 4) is 0 Å². The van der Waals surface area contributed by atoms with Crippen LogP contribution in [0.5, 0.6) is 0 Å². The fourth-order valence-electron chi connectivity index (χ4n) is 2.72. The zero-order valence-electron chi connectivity index (χ0n) is 12.3. The van der Waals surface area contributed by atoms with Crippen molar-refractivity contribution in [1.82, 2.24) is 10.2 Å². The molecule has 1 unspecified atom stereocenters. The van der Waals surface area contributed by atoms with E-state index in [1.54, 1.807) is 4.90 Å². The van der Waals surface area contributed by atoms with E-state index >= 15 is 0 Å². The summed E-state index contributed by atoms with van der Waals surface area (Å²) in [4.78, 5) is 14.0. The largest absolute Gasteiger partial charge is 0.416 e. The van der Waals surface area contributed by atoms with Gasteiger partial charge < -0.3 is 10.2 Å². The Labute approximate surface area is 134 Å². The first kappa shape index (κ1) is 18.8. The fraction of sp³-hybridized carbons (Fsp3) is 0.533. The van der Waals surface area contributed by atoms with Gasteiger partial charge in [0.15, 0.2) is 0 Å². The summed E-state index contributed by atoms with van der Waals surface area (Å²) in [6.45, 7) is 2.01. The minimum absolute atomic E-state index is 0. The summed E-state index contributed by atoms with van der Waals surface area (Å²) in [5, 5.41) is 3.08. The molecular weight excluding hydrogens is 317 g/mol. The van der Waals surface area contributed by atoms with Crippen LogP contribution in [0.25, 0.3) is 0 Å². The van der Waals surface area contributed by atoms with E-state index in [1.165, 1.54) is 12.1 Å². The number of halogens is 4. The van der Waals surface area contributed by atoms with Crippen molar-refractivity contribution < 1.29 is 18.0 Å². The average molecular weight is 337 g/mol. The van der Waals surface area contributed by atoms with E-state index in [1.807, 2.05) is 7.05 Å². The van der Waals surface area contributed by atoms with Crippen LogP contribution < -0.4 is 5.32 Å². The maximum atomic E-state index is 12.7. The van der Waals surface area contributed by atoms with Gasteiger partial charge in [0.05, 0.1) is 5.56 Å². The molecule has 1 fully saturated rings. The van der Waals surface area contributed by atoms with Crippen molar-refractivity contribution in [2.75, 3.05) is 26.7 Å². The number of hydrogen-bond acceptors (Lipinski definition) is 2. The van der Waals surface area contributed by atoms with Gasteiger partial charge in [0.1, 0.15) is 0 Å². The number of likely N-dealkylation sites (tertiary alicyclic amines) is 1. The Kier molecular flexibility index (Phi) is 6.68. The monoisotopic (exact) mass is 336 g/mol. The van der Waals surface area contributed by atoms with Crippen LogP contribution in [0.3, 0.4) is 0 Å². The second kappa shape index (κ2) is 7.83. The Morgan fingerprint density at radius 1 is 1.41 bits per heavy atom. The molecule has 2 rings (SSSR count). The van der Waals surface area contributed by atoms with Gasteiger partial charge in [-0.15, -0.1) is 12.4 Å². The Morgan fingerprint density at radius 2 is 2.14 bits per heavy atom. The quantitative estimate of drug-likeness (QED) is 0.919. The van der Waals surface area contributed by atoms with E-state index in [4.69, 9.17) is 0 Å². The second-order valence-electron chi connectivity index (χ2n) is 5.40. The van der Waals surface area contributed by atoms with Gasteiger partial charge in [-0.3, -0.25) is 4.79 Å². The molecule has 1 atom stereocenters. The van der Waals surface area contributed by atoms with E-state index < -0.39 is 11.7 Å². The Morgan fingerprint density at radius 3 is 2.77 bits per heavy atom. The lowest BCUT2D eigenvalue weighted by atomic mass is 9.97. The molecule has 124 valence electrons. The molecule has 1 aliphatic heterocycles. The maximum Gasteiger partial charge on any atom is 0.416 e.